The molecule has 5 atom stereocenters. The number of halogens is 1. The van der Waals surface area contributed by atoms with Crippen molar-refractivity contribution in [3.8, 4) is 18.1 Å². The minimum Gasteiger partial charge on any atom is -0.465 e. The van der Waals surface area contributed by atoms with Crippen LogP contribution in [0.3, 0.4) is 0 Å². The molecular weight excluding hydrogens is 726 g/mol. The maximum absolute atomic E-state index is 14.7. The van der Waals surface area contributed by atoms with E-state index < -0.39 is 50.4 Å². The Morgan fingerprint density at radius 3 is 2.35 bits per heavy atom. The second-order valence-electron chi connectivity index (χ2n) is 13.8. The van der Waals surface area contributed by atoms with Gasteiger partial charge in [0.2, 0.25) is 0 Å². The number of rotatable bonds is 23. The van der Waals surface area contributed by atoms with Gasteiger partial charge < -0.3 is 24.8 Å². The average Bonchev–Trinajstić information content (AvgIpc) is 3.75. The molecule has 0 radical (unpaired) electrons. The van der Waals surface area contributed by atoms with Crippen molar-refractivity contribution in [2.75, 3.05) is 18.9 Å². The smallest absolute Gasteiger partial charge is 0.459 e. The van der Waals surface area contributed by atoms with Crippen LogP contribution in [0.15, 0.2) is 67.0 Å². The average molecular weight is 779 g/mol. The monoisotopic (exact) mass is 778 g/mol. The first kappa shape index (κ1) is 41.8. The van der Waals surface area contributed by atoms with Gasteiger partial charge in [-0.25, -0.2) is 9.55 Å². The number of nitrogens with zero attached hydrogens (tertiary/aromatic N) is 4. The van der Waals surface area contributed by atoms with Gasteiger partial charge in [0.15, 0.2) is 22.6 Å². The van der Waals surface area contributed by atoms with Crippen LogP contribution in [-0.4, -0.2) is 61.6 Å². The molecule has 4 aromatic rings. The van der Waals surface area contributed by atoms with Crippen molar-refractivity contribution in [3.63, 3.8) is 0 Å². The van der Waals surface area contributed by atoms with E-state index in [4.69, 9.17) is 30.7 Å². The van der Waals surface area contributed by atoms with Crippen LogP contribution in [0.25, 0.3) is 11.2 Å². The molecule has 0 bridgehead atoms. The zero-order valence-electron chi connectivity index (χ0n) is 31.4. The van der Waals surface area contributed by atoms with Crippen LogP contribution in [0, 0.1) is 18.4 Å². The number of unbranched alkanes of at least 4 members (excludes halogenated alkanes) is 10. The number of nitrogen functional groups attached to an aromatic ring is 1. The Hall–Kier alpha value is -4.38. The molecule has 0 saturated carbocycles. The van der Waals surface area contributed by atoms with Gasteiger partial charge in [-0.2, -0.15) is 19.4 Å². The predicted molar refractivity (Wildman–Crippen MR) is 207 cm³/mol. The Morgan fingerprint density at radius 2 is 1.69 bits per heavy atom. The summed E-state index contributed by atoms with van der Waals surface area (Å²) in [6.07, 6.45) is 16.7. The zero-order chi connectivity index (χ0) is 39.1. The van der Waals surface area contributed by atoms with Gasteiger partial charge in [0, 0.05) is 6.42 Å². The molecule has 1 fully saturated rings. The largest absolute Gasteiger partial charge is 0.465 e. The fourth-order valence-electron chi connectivity index (χ4n) is 6.50. The number of anilines is 1. The summed E-state index contributed by atoms with van der Waals surface area (Å²) in [7, 11) is -4.47. The lowest BCUT2D eigenvalue weighted by Gasteiger charge is -2.30. The Kier molecular flexibility index (Phi) is 15.6. The summed E-state index contributed by atoms with van der Waals surface area (Å²) in [5.74, 6) is 1.85. The molecule has 296 valence electrons. The van der Waals surface area contributed by atoms with Gasteiger partial charge in [-0.15, -0.1) is 6.42 Å². The van der Waals surface area contributed by atoms with Gasteiger partial charge in [0.05, 0.1) is 12.9 Å². The third-order valence-electron chi connectivity index (χ3n) is 9.58. The molecule has 0 amide bonds. The number of aromatic nitrogens is 4. The first-order chi connectivity index (χ1) is 26.6. The number of nitrogens with two attached hydrogens (primary N) is 1. The van der Waals surface area contributed by atoms with Crippen LogP contribution in [0.4, 0.5) is 10.2 Å². The molecule has 0 aliphatic carbocycles. The summed E-state index contributed by atoms with van der Waals surface area (Å²) in [6.45, 7) is 1.81. The van der Waals surface area contributed by atoms with Gasteiger partial charge in [0.1, 0.15) is 30.7 Å². The van der Waals surface area contributed by atoms with E-state index in [1.165, 1.54) is 55.8 Å². The number of para-hydroxylation sites is 1. The number of aliphatic hydroxyl groups excluding tert-OH is 1. The van der Waals surface area contributed by atoms with Gasteiger partial charge in [0.25, 0.3) is 0 Å². The van der Waals surface area contributed by atoms with E-state index in [1.807, 2.05) is 30.3 Å². The molecule has 15 heteroatoms. The SMILES string of the molecule is C#C[C@]1(COP(=O)(N[C@@H](Cc2ccccc2)C(=O)OCCCCCCCCCCCCC)Oc2ccccc2)O[C@@H](n2cnc3c(N)nc(F)nc32)C[C@@H]1O. The second-order valence-corrected chi connectivity index (χ2v) is 15.5. The van der Waals surface area contributed by atoms with E-state index in [2.05, 4.69) is 32.9 Å². The van der Waals surface area contributed by atoms with Gasteiger partial charge in [-0.05, 0) is 30.5 Å². The maximum atomic E-state index is 14.7. The van der Waals surface area contributed by atoms with Crippen LogP contribution in [0.5, 0.6) is 5.75 Å². The summed E-state index contributed by atoms with van der Waals surface area (Å²) in [6, 6.07) is 16.4. The minimum absolute atomic E-state index is 0.0334. The number of nitrogens with one attached hydrogen (secondary N) is 1. The summed E-state index contributed by atoms with van der Waals surface area (Å²) < 4.78 is 53.9. The molecule has 13 nitrogen and oxygen atoms in total. The van der Waals surface area contributed by atoms with Gasteiger partial charge >= 0.3 is 19.8 Å². The maximum Gasteiger partial charge on any atom is 0.459 e. The summed E-state index contributed by atoms with van der Waals surface area (Å²) >= 11 is 0. The van der Waals surface area contributed by atoms with Crippen molar-refractivity contribution >= 4 is 30.7 Å². The van der Waals surface area contributed by atoms with E-state index in [-0.39, 0.29) is 42.2 Å². The van der Waals surface area contributed by atoms with Crippen molar-refractivity contribution < 1.29 is 37.4 Å². The van der Waals surface area contributed by atoms with E-state index in [0.29, 0.717) is 6.42 Å². The Morgan fingerprint density at radius 1 is 1.05 bits per heavy atom. The number of benzene rings is 2. The molecule has 3 heterocycles. The molecular formula is C40H52FN6O7P. The molecule has 1 aliphatic heterocycles. The number of esters is 1. The number of imidazole rings is 1. The third kappa shape index (κ3) is 11.8. The second kappa shape index (κ2) is 20.5. The standard InChI is InChI=1S/C40H52FN6O7P/c1-3-5-6-7-8-9-10-11-12-13-20-25-51-38(49)32(26-30-21-16-14-17-22-30)46-55(50,54-31-23-18-15-19-24-31)52-28-40(4-2)33(48)27-34(53-40)47-29-43-35-36(42)44-39(41)45-37(35)47/h2,14-19,21-24,29,32-34,48H,3,5-13,20,25-28H2,1H3,(H,46,50)(H2,42,44,45)/t32-,33-,34+,40+,55?/m0/s1. The lowest BCUT2D eigenvalue weighted by molar-refractivity contribution is -0.146. The fraction of sp³-hybridized carbons (Fsp3) is 0.500. The van der Waals surface area contributed by atoms with E-state index in [1.54, 1.807) is 30.3 Å². The van der Waals surface area contributed by atoms with E-state index in [9.17, 15) is 18.9 Å². The highest BCUT2D eigenvalue weighted by molar-refractivity contribution is 7.52. The number of hydrogen-bond donors (Lipinski definition) is 3. The van der Waals surface area contributed by atoms with Crippen LogP contribution in [0.2, 0.25) is 0 Å². The van der Waals surface area contributed by atoms with Crippen LogP contribution in [-0.2, 0) is 29.8 Å². The number of aliphatic hydroxyl groups is 1. The topological polar surface area (TPSA) is 173 Å². The molecule has 2 aromatic heterocycles. The highest BCUT2D eigenvalue weighted by Gasteiger charge is 2.50. The third-order valence-corrected chi connectivity index (χ3v) is 11.1. The highest BCUT2D eigenvalue weighted by atomic mass is 31.2. The highest BCUT2D eigenvalue weighted by Crippen LogP contribution is 2.48. The molecule has 1 aliphatic rings. The quantitative estimate of drug-likeness (QED) is 0.0223. The van der Waals surface area contributed by atoms with E-state index in [0.717, 1.165) is 24.8 Å². The molecule has 0 spiro atoms. The molecule has 5 rings (SSSR count). The summed E-state index contributed by atoms with van der Waals surface area (Å²) in [5.41, 5.74) is 4.93. The van der Waals surface area contributed by atoms with E-state index >= 15 is 0 Å². The Bertz CT molecular complexity index is 1900. The van der Waals surface area contributed by atoms with Crippen molar-refractivity contribution in [1.82, 2.24) is 24.6 Å². The number of carbonyl (C=O) groups is 1. The zero-order valence-corrected chi connectivity index (χ0v) is 32.2. The predicted octanol–water partition coefficient (Wildman–Crippen LogP) is 7.46. The lowest BCUT2D eigenvalue weighted by atomic mass is 9.99. The fourth-order valence-corrected chi connectivity index (χ4v) is 8.02. The Labute approximate surface area is 322 Å². The van der Waals surface area contributed by atoms with Crippen LogP contribution in [0.1, 0.15) is 95.8 Å². The minimum atomic E-state index is -4.47. The van der Waals surface area contributed by atoms with Crippen molar-refractivity contribution in [2.45, 2.75) is 114 Å². The summed E-state index contributed by atoms with van der Waals surface area (Å²) in [4.78, 5) is 25.1. The first-order valence-corrected chi connectivity index (χ1v) is 20.7. The first-order valence-electron chi connectivity index (χ1n) is 19.1. The van der Waals surface area contributed by atoms with Crippen molar-refractivity contribution in [2.24, 2.45) is 0 Å². The number of carbonyl (C=O) groups excluding carboxylic acids is 1. The van der Waals surface area contributed by atoms with Crippen molar-refractivity contribution in [1.29, 1.82) is 0 Å². The lowest BCUT2D eigenvalue weighted by Crippen LogP contribution is -2.44. The molecule has 4 N–H and O–H groups in total. The number of hydrogen-bond acceptors (Lipinski definition) is 11. The summed E-state index contributed by atoms with van der Waals surface area (Å²) in [5, 5.41) is 14.1. The normalized spacial score (nSPS) is 19.8. The van der Waals surface area contributed by atoms with Gasteiger partial charge in [-0.1, -0.05) is 126 Å². The van der Waals surface area contributed by atoms with Gasteiger partial charge in [-0.3, -0.25) is 13.9 Å². The van der Waals surface area contributed by atoms with Crippen molar-refractivity contribution in [3.05, 3.63) is 78.6 Å². The molecule has 1 saturated heterocycles. The Balaban J connectivity index is 1.26. The molecule has 1 unspecified atom stereocenters. The number of fused-ring (bicyclic) bond motifs is 1. The molecule has 55 heavy (non-hydrogen) atoms. The molecule has 2 aromatic carbocycles. The number of ether oxygens (including phenoxy) is 2. The van der Waals surface area contributed by atoms with Crippen LogP contribution >= 0.6 is 7.75 Å². The number of terminal acetylenes is 1. The van der Waals surface area contributed by atoms with Crippen LogP contribution < -0.4 is 15.3 Å².